The zero-order valence-electron chi connectivity index (χ0n) is 13.3. The fourth-order valence-electron chi connectivity index (χ4n) is 3.35. The van der Waals surface area contributed by atoms with Gasteiger partial charge in [-0.2, -0.15) is 0 Å². The highest BCUT2D eigenvalue weighted by Gasteiger charge is 2.33. The molecule has 0 spiro atoms. The first kappa shape index (κ1) is 14.4. The molecule has 3 rings (SSSR count). The van der Waals surface area contributed by atoms with E-state index in [-0.39, 0.29) is 5.41 Å². The Balaban J connectivity index is 2.13. The second-order valence-electron chi connectivity index (χ2n) is 6.25. The van der Waals surface area contributed by atoms with Crippen LogP contribution in [-0.4, -0.2) is 29.8 Å². The van der Waals surface area contributed by atoms with Gasteiger partial charge in [-0.3, -0.25) is 0 Å². The molecule has 1 saturated heterocycles. The van der Waals surface area contributed by atoms with Crippen LogP contribution in [-0.2, 0) is 12.0 Å². The van der Waals surface area contributed by atoms with Crippen LogP contribution in [0.2, 0.25) is 0 Å². The molecule has 2 heterocycles. The molecule has 1 aromatic heterocycles. The van der Waals surface area contributed by atoms with E-state index in [9.17, 15) is 0 Å². The van der Waals surface area contributed by atoms with Gasteiger partial charge in [0, 0.05) is 18.0 Å². The Morgan fingerprint density at radius 1 is 1.33 bits per heavy atom. The minimum Gasteiger partial charge on any atom is -0.497 e. The van der Waals surface area contributed by atoms with Gasteiger partial charge in [0.2, 0.25) is 0 Å². The van der Waals surface area contributed by atoms with Crippen LogP contribution in [0.4, 0.5) is 0 Å². The molecule has 0 unspecified atom stereocenters. The van der Waals surface area contributed by atoms with Crippen molar-refractivity contribution in [1.29, 1.82) is 0 Å². The summed E-state index contributed by atoms with van der Waals surface area (Å²) in [7, 11) is 1.71. The predicted molar refractivity (Wildman–Crippen MR) is 86.0 cm³/mol. The average Bonchev–Trinajstić information content (AvgIpc) is 2.87. The maximum Gasteiger partial charge on any atom is 0.121 e. The quantitative estimate of drug-likeness (QED) is 0.939. The van der Waals surface area contributed by atoms with Crippen LogP contribution >= 0.6 is 0 Å². The van der Waals surface area contributed by atoms with Crippen LogP contribution in [0.25, 0.3) is 11.0 Å². The minimum absolute atomic E-state index is 0.173. The smallest absolute Gasteiger partial charge is 0.121 e. The van der Waals surface area contributed by atoms with Crippen LogP contribution in [0.15, 0.2) is 18.2 Å². The van der Waals surface area contributed by atoms with Gasteiger partial charge in [-0.25, -0.2) is 4.98 Å². The summed E-state index contributed by atoms with van der Waals surface area (Å²) in [4.78, 5) is 4.99. The summed E-state index contributed by atoms with van der Waals surface area (Å²) < 4.78 is 7.76. The Morgan fingerprint density at radius 2 is 2.10 bits per heavy atom. The molecule has 4 heteroatoms. The highest BCUT2D eigenvalue weighted by molar-refractivity contribution is 5.78. The second-order valence-corrected chi connectivity index (χ2v) is 6.25. The number of hydrogen-bond donors (Lipinski definition) is 1. The lowest BCUT2D eigenvalue weighted by Crippen LogP contribution is -2.39. The molecule has 2 aromatic rings. The number of piperidine rings is 1. The summed E-state index contributed by atoms with van der Waals surface area (Å²) in [6.07, 6.45) is 3.42. The maximum atomic E-state index is 5.34. The minimum atomic E-state index is 0.173. The summed E-state index contributed by atoms with van der Waals surface area (Å²) >= 11 is 0. The van der Waals surface area contributed by atoms with E-state index in [1.807, 2.05) is 6.07 Å². The second kappa shape index (κ2) is 5.68. The van der Waals surface area contributed by atoms with Crippen LogP contribution in [0.1, 0.15) is 38.9 Å². The number of methoxy groups -OCH3 is 1. The topological polar surface area (TPSA) is 39.1 Å². The first-order valence-electron chi connectivity index (χ1n) is 7.93. The lowest BCUT2D eigenvalue weighted by Gasteiger charge is -2.34. The van der Waals surface area contributed by atoms with Crippen molar-refractivity contribution in [2.45, 2.75) is 45.1 Å². The van der Waals surface area contributed by atoms with Crippen LogP contribution in [0.5, 0.6) is 5.75 Å². The summed E-state index contributed by atoms with van der Waals surface area (Å²) in [5.74, 6) is 2.12. The maximum absolute atomic E-state index is 5.34. The number of aromatic nitrogens is 2. The van der Waals surface area contributed by atoms with Gasteiger partial charge >= 0.3 is 0 Å². The molecule has 0 atom stereocenters. The Kier molecular flexibility index (Phi) is 3.89. The lowest BCUT2D eigenvalue weighted by molar-refractivity contribution is 0.309. The van der Waals surface area contributed by atoms with Crippen molar-refractivity contribution in [1.82, 2.24) is 14.9 Å². The van der Waals surface area contributed by atoms with Crippen LogP contribution < -0.4 is 10.1 Å². The van der Waals surface area contributed by atoms with E-state index >= 15 is 0 Å². The zero-order valence-corrected chi connectivity index (χ0v) is 13.3. The Labute approximate surface area is 126 Å². The van der Waals surface area contributed by atoms with Gasteiger partial charge in [0.15, 0.2) is 0 Å². The monoisotopic (exact) mass is 287 g/mol. The molecule has 0 bridgehead atoms. The normalized spacial score (nSPS) is 18.0. The van der Waals surface area contributed by atoms with Crippen molar-refractivity contribution in [3.8, 4) is 5.75 Å². The van der Waals surface area contributed by atoms with Gasteiger partial charge in [-0.1, -0.05) is 13.8 Å². The van der Waals surface area contributed by atoms with Crippen molar-refractivity contribution in [3.05, 3.63) is 24.0 Å². The summed E-state index contributed by atoms with van der Waals surface area (Å²) in [5, 5.41) is 3.46. The highest BCUT2D eigenvalue weighted by atomic mass is 16.5. The largest absolute Gasteiger partial charge is 0.497 e. The molecular formula is C17H25N3O. The van der Waals surface area contributed by atoms with E-state index in [1.54, 1.807) is 7.11 Å². The van der Waals surface area contributed by atoms with Crippen molar-refractivity contribution in [2.75, 3.05) is 20.2 Å². The third-order valence-electron chi connectivity index (χ3n) is 4.65. The number of rotatable bonds is 4. The first-order valence-corrected chi connectivity index (χ1v) is 7.93. The molecular weight excluding hydrogens is 262 g/mol. The van der Waals surface area contributed by atoms with Gasteiger partial charge in [0.25, 0.3) is 0 Å². The number of imidazole rings is 1. The molecule has 0 aliphatic carbocycles. The number of benzene rings is 1. The fourth-order valence-corrected chi connectivity index (χ4v) is 3.35. The first-order chi connectivity index (χ1) is 10.2. The van der Waals surface area contributed by atoms with E-state index in [4.69, 9.17) is 9.72 Å². The average molecular weight is 287 g/mol. The number of nitrogens with zero attached hydrogens (tertiary/aromatic N) is 2. The molecule has 21 heavy (non-hydrogen) atoms. The van der Waals surface area contributed by atoms with Crippen molar-refractivity contribution >= 4 is 11.0 Å². The number of aryl methyl sites for hydroxylation is 1. The van der Waals surface area contributed by atoms with Gasteiger partial charge in [0.05, 0.1) is 18.1 Å². The molecule has 0 saturated carbocycles. The van der Waals surface area contributed by atoms with E-state index in [1.165, 1.54) is 11.3 Å². The molecule has 1 aliphatic rings. The molecule has 1 N–H and O–H groups in total. The highest BCUT2D eigenvalue weighted by Crippen LogP contribution is 2.35. The number of hydrogen-bond acceptors (Lipinski definition) is 3. The third kappa shape index (κ3) is 2.53. The SMILES string of the molecule is CCCn1c(C2(C)CCNCC2)nc2cc(OC)ccc21. The molecule has 4 nitrogen and oxygen atoms in total. The molecule has 1 aliphatic heterocycles. The molecule has 1 aromatic carbocycles. The predicted octanol–water partition coefficient (Wildman–Crippen LogP) is 3.10. The third-order valence-corrected chi connectivity index (χ3v) is 4.65. The van der Waals surface area contributed by atoms with Gasteiger partial charge in [0.1, 0.15) is 11.6 Å². The fraction of sp³-hybridized carbons (Fsp3) is 0.588. The van der Waals surface area contributed by atoms with Crippen LogP contribution in [0.3, 0.4) is 0 Å². The summed E-state index contributed by atoms with van der Waals surface area (Å²) in [6, 6.07) is 6.23. The van der Waals surface area contributed by atoms with Crippen molar-refractivity contribution in [3.63, 3.8) is 0 Å². The van der Waals surface area contributed by atoms with E-state index in [0.29, 0.717) is 0 Å². The van der Waals surface area contributed by atoms with E-state index in [2.05, 4.69) is 35.9 Å². The Morgan fingerprint density at radius 3 is 2.76 bits per heavy atom. The Hall–Kier alpha value is -1.55. The van der Waals surface area contributed by atoms with Crippen molar-refractivity contribution < 1.29 is 4.74 Å². The van der Waals surface area contributed by atoms with Crippen molar-refractivity contribution in [2.24, 2.45) is 0 Å². The van der Waals surface area contributed by atoms with Gasteiger partial charge < -0.3 is 14.6 Å². The number of fused-ring (bicyclic) bond motifs is 1. The van der Waals surface area contributed by atoms with E-state index in [0.717, 1.165) is 50.2 Å². The summed E-state index contributed by atoms with van der Waals surface area (Å²) in [5.41, 5.74) is 2.46. The molecule has 114 valence electrons. The zero-order chi connectivity index (χ0) is 14.9. The number of ether oxygens (including phenoxy) is 1. The Bertz CT molecular complexity index is 626. The standard InChI is InChI=1S/C17H25N3O/c1-4-11-20-15-6-5-13(21-3)12-14(15)19-16(20)17(2)7-9-18-10-8-17/h5-6,12,18H,4,7-11H2,1-3H3. The molecule has 0 radical (unpaired) electrons. The van der Waals surface area contributed by atoms with Crippen LogP contribution in [0, 0.1) is 0 Å². The van der Waals surface area contributed by atoms with Gasteiger partial charge in [-0.15, -0.1) is 0 Å². The molecule has 1 fully saturated rings. The summed E-state index contributed by atoms with van der Waals surface area (Å²) in [6.45, 7) is 7.77. The lowest BCUT2D eigenvalue weighted by atomic mass is 9.80. The van der Waals surface area contributed by atoms with E-state index < -0.39 is 0 Å². The number of nitrogens with one attached hydrogen (secondary N) is 1. The molecule has 0 amide bonds. The van der Waals surface area contributed by atoms with Gasteiger partial charge in [-0.05, 0) is 44.5 Å².